The van der Waals surface area contributed by atoms with Crippen molar-refractivity contribution in [2.24, 2.45) is 0 Å². The number of carbonyl (C=O) groups excluding carboxylic acids is 3. The first-order valence-corrected chi connectivity index (χ1v) is 11.8. The lowest BCUT2D eigenvalue weighted by Crippen LogP contribution is -2.57. The van der Waals surface area contributed by atoms with E-state index >= 15 is 0 Å². The topological polar surface area (TPSA) is 113 Å². The number of nitrogens with one attached hydrogen (secondary N) is 1. The van der Waals surface area contributed by atoms with E-state index in [2.05, 4.69) is 10.3 Å². The number of hydrogen-bond acceptors (Lipinski definition) is 9. The van der Waals surface area contributed by atoms with Crippen molar-refractivity contribution in [1.82, 2.24) is 19.6 Å². The molecule has 2 fully saturated rings. The van der Waals surface area contributed by atoms with Crippen LogP contribution in [-0.4, -0.2) is 68.7 Å². The Morgan fingerprint density at radius 3 is 2.79 bits per heavy atom. The molecular formula is C22H23N5O5S2. The SMILES string of the molecule is COC(=O)C[C@H]1C(=O)NCCN1c1nc2ccccn2c(=O)c1/C=C1\SC(=S)N(C(C)C)C1=O. The molecule has 2 aromatic rings. The van der Waals surface area contributed by atoms with E-state index in [-0.39, 0.29) is 35.7 Å². The molecule has 178 valence electrons. The number of piperazine rings is 1. The second kappa shape index (κ2) is 9.55. The number of nitrogens with zero attached hydrogens (tertiary/aromatic N) is 4. The van der Waals surface area contributed by atoms with Crippen molar-refractivity contribution in [2.45, 2.75) is 32.4 Å². The maximum Gasteiger partial charge on any atom is 0.308 e. The van der Waals surface area contributed by atoms with Crippen LogP contribution in [0.4, 0.5) is 5.82 Å². The summed E-state index contributed by atoms with van der Waals surface area (Å²) in [5.74, 6) is -1.02. The number of aromatic nitrogens is 2. The average Bonchev–Trinajstić information content (AvgIpc) is 3.09. The second-order valence-corrected chi connectivity index (χ2v) is 9.68. The van der Waals surface area contributed by atoms with Gasteiger partial charge in [-0.2, -0.15) is 0 Å². The number of thiocarbonyl (C=S) groups is 1. The number of fused-ring (bicyclic) bond motifs is 1. The van der Waals surface area contributed by atoms with Crippen LogP contribution in [0.1, 0.15) is 25.8 Å². The van der Waals surface area contributed by atoms with E-state index in [1.165, 1.54) is 22.5 Å². The van der Waals surface area contributed by atoms with Gasteiger partial charge in [-0.1, -0.05) is 30.0 Å². The van der Waals surface area contributed by atoms with E-state index in [1.54, 1.807) is 29.3 Å². The molecule has 0 spiro atoms. The molecule has 1 N–H and O–H groups in total. The molecule has 2 aromatic heterocycles. The number of thioether (sulfide) groups is 1. The van der Waals surface area contributed by atoms with Crippen LogP contribution < -0.4 is 15.8 Å². The lowest BCUT2D eigenvalue weighted by molar-refractivity contribution is -0.143. The fourth-order valence-corrected chi connectivity index (χ4v) is 5.41. The third-order valence-corrected chi connectivity index (χ3v) is 6.89. The standard InChI is InChI=1S/C22H23N5O5S2/c1-12(2)27-21(31)15(34-22(27)33)10-13-18(24-16-6-4-5-8-26(16)20(13)30)25-9-7-23-19(29)14(25)11-17(28)32-3/h4-6,8,10,12,14H,7,9,11H2,1-3H3,(H,23,29)/b15-10-/t14-/m0/s1. The Kier molecular flexibility index (Phi) is 6.71. The highest BCUT2D eigenvalue weighted by Gasteiger charge is 2.37. The first-order chi connectivity index (χ1) is 16.2. The summed E-state index contributed by atoms with van der Waals surface area (Å²) < 4.78 is 6.54. The molecule has 0 radical (unpaired) electrons. The molecule has 12 heteroatoms. The molecular weight excluding hydrogens is 478 g/mol. The molecule has 34 heavy (non-hydrogen) atoms. The van der Waals surface area contributed by atoms with Gasteiger partial charge in [0.1, 0.15) is 21.8 Å². The Morgan fingerprint density at radius 1 is 1.35 bits per heavy atom. The molecule has 2 aliphatic heterocycles. The van der Waals surface area contributed by atoms with Crippen molar-refractivity contribution in [1.29, 1.82) is 0 Å². The highest BCUT2D eigenvalue weighted by atomic mass is 32.2. The summed E-state index contributed by atoms with van der Waals surface area (Å²) in [6.45, 7) is 4.34. The molecule has 2 saturated heterocycles. The summed E-state index contributed by atoms with van der Waals surface area (Å²) in [6, 6.07) is 4.06. The van der Waals surface area contributed by atoms with Gasteiger partial charge in [0.25, 0.3) is 11.5 Å². The average molecular weight is 502 g/mol. The van der Waals surface area contributed by atoms with Crippen LogP contribution in [-0.2, 0) is 19.1 Å². The molecule has 2 amide bonds. The van der Waals surface area contributed by atoms with E-state index in [0.717, 1.165) is 11.8 Å². The molecule has 1 atom stereocenters. The maximum absolute atomic E-state index is 13.5. The summed E-state index contributed by atoms with van der Waals surface area (Å²) in [6.07, 6.45) is 2.85. The van der Waals surface area contributed by atoms with Crippen LogP contribution in [0.25, 0.3) is 11.7 Å². The van der Waals surface area contributed by atoms with Crippen LogP contribution in [0.3, 0.4) is 0 Å². The zero-order chi connectivity index (χ0) is 24.6. The second-order valence-electron chi connectivity index (χ2n) is 8.01. The third kappa shape index (κ3) is 4.30. The molecule has 10 nitrogen and oxygen atoms in total. The van der Waals surface area contributed by atoms with Gasteiger partial charge in [-0.15, -0.1) is 0 Å². The number of hydrogen-bond donors (Lipinski definition) is 1. The third-order valence-electron chi connectivity index (χ3n) is 5.55. The molecule has 2 aliphatic rings. The largest absolute Gasteiger partial charge is 0.469 e. The van der Waals surface area contributed by atoms with Crippen molar-refractivity contribution in [3.63, 3.8) is 0 Å². The normalized spacial score (nSPS) is 19.9. The predicted octanol–water partition coefficient (Wildman–Crippen LogP) is 1.17. The Morgan fingerprint density at radius 2 is 2.12 bits per heavy atom. The van der Waals surface area contributed by atoms with Gasteiger partial charge < -0.3 is 15.0 Å². The van der Waals surface area contributed by atoms with Gasteiger partial charge in [-0.25, -0.2) is 4.98 Å². The lowest BCUT2D eigenvalue weighted by Gasteiger charge is -2.36. The molecule has 0 unspecified atom stereocenters. The van der Waals surface area contributed by atoms with E-state index in [1.807, 2.05) is 13.8 Å². The number of anilines is 1. The highest BCUT2D eigenvalue weighted by Crippen LogP contribution is 2.35. The summed E-state index contributed by atoms with van der Waals surface area (Å²) in [7, 11) is 1.25. The van der Waals surface area contributed by atoms with Gasteiger partial charge in [0.2, 0.25) is 5.91 Å². The van der Waals surface area contributed by atoms with Crippen LogP contribution in [0.5, 0.6) is 0 Å². The Labute approximate surface area is 204 Å². The summed E-state index contributed by atoms with van der Waals surface area (Å²) in [4.78, 5) is 59.3. The summed E-state index contributed by atoms with van der Waals surface area (Å²) in [5.41, 5.74) is 0.105. The Bertz CT molecular complexity index is 1290. The van der Waals surface area contributed by atoms with Crippen molar-refractivity contribution in [3.05, 3.63) is 45.2 Å². The first-order valence-electron chi connectivity index (χ1n) is 10.6. The number of esters is 1. The number of amides is 2. The van der Waals surface area contributed by atoms with Gasteiger partial charge in [0.15, 0.2) is 0 Å². The monoisotopic (exact) mass is 501 g/mol. The van der Waals surface area contributed by atoms with E-state index in [0.29, 0.717) is 28.0 Å². The predicted molar refractivity (Wildman–Crippen MR) is 132 cm³/mol. The van der Waals surface area contributed by atoms with Crippen LogP contribution in [0, 0.1) is 0 Å². The van der Waals surface area contributed by atoms with Gasteiger partial charge in [-0.3, -0.25) is 28.5 Å². The summed E-state index contributed by atoms with van der Waals surface area (Å²) >= 11 is 6.47. The number of rotatable bonds is 5. The number of pyridine rings is 1. The summed E-state index contributed by atoms with van der Waals surface area (Å²) in [5, 5.41) is 2.74. The molecule has 0 bridgehead atoms. The molecule has 0 aliphatic carbocycles. The fourth-order valence-electron chi connectivity index (χ4n) is 3.90. The van der Waals surface area contributed by atoms with E-state index < -0.39 is 17.6 Å². The Balaban J connectivity index is 1.90. The minimum absolute atomic E-state index is 0.135. The van der Waals surface area contributed by atoms with Crippen LogP contribution in [0.2, 0.25) is 0 Å². The zero-order valence-electron chi connectivity index (χ0n) is 18.8. The van der Waals surface area contributed by atoms with Gasteiger partial charge in [-0.05, 0) is 32.1 Å². The van der Waals surface area contributed by atoms with Crippen molar-refractivity contribution >= 4 is 63.6 Å². The minimum atomic E-state index is -0.920. The molecule has 4 heterocycles. The Hall–Kier alpha value is -3.25. The molecule has 4 rings (SSSR count). The molecule has 0 saturated carbocycles. The first kappa shape index (κ1) is 23.9. The quantitative estimate of drug-likeness (QED) is 0.366. The van der Waals surface area contributed by atoms with Gasteiger partial charge >= 0.3 is 5.97 Å². The van der Waals surface area contributed by atoms with Crippen molar-refractivity contribution in [2.75, 3.05) is 25.1 Å². The van der Waals surface area contributed by atoms with Crippen molar-refractivity contribution < 1.29 is 19.1 Å². The van der Waals surface area contributed by atoms with E-state index in [9.17, 15) is 19.2 Å². The number of carbonyl (C=O) groups is 3. The smallest absolute Gasteiger partial charge is 0.308 e. The van der Waals surface area contributed by atoms with Gasteiger partial charge in [0, 0.05) is 25.3 Å². The minimum Gasteiger partial charge on any atom is -0.469 e. The highest BCUT2D eigenvalue weighted by molar-refractivity contribution is 8.26. The van der Waals surface area contributed by atoms with Crippen LogP contribution in [0.15, 0.2) is 34.1 Å². The van der Waals surface area contributed by atoms with E-state index in [4.69, 9.17) is 17.0 Å². The maximum atomic E-state index is 13.5. The fraction of sp³-hybridized carbons (Fsp3) is 0.364. The number of methoxy groups -OCH3 is 1. The van der Waals surface area contributed by atoms with Crippen LogP contribution >= 0.6 is 24.0 Å². The lowest BCUT2D eigenvalue weighted by atomic mass is 10.1. The zero-order valence-corrected chi connectivity index (χ0v) is 20.4. The molecule has 0 aromatic carbocycles. The van der Waals surface area contributed by atoms with Gasteiger partial charge in [0.05, 0.1) is 24.0 Å². The van der Waals surface area contributed by atoms with Crippen molar-refractivity contribution in [3.8, 4) is 0 Å². The number of ether oxygens (including phenoxy) is 1.